The number of nitrogens with zero attached hydrogens (tertiary/aromatic N) is 4. The summed E-state index contributed by atoms with van der Waals surface area (Å²) in [5, 5.41) is 8.97. The van der Waals surface area contributed by atoms with Gasteiger partial charge in [-0.05, 0) is 26.0 Å². The van der Waals surface area contributed by atoms with Crippen LogP contribution in [0.2, 0.25) is 0 Å². The summed E-state index contributed by atoms with van der Waals surface area (Å²) in [7, 11) is 0. The van der Waals surface area contributed by atoms with Crippen molar-refractivity contribution in [2.45, 2.75) is 19.9 Å². The van der Waals surface area contributed by atoms with Crippen LogP contribution in [0.3, 0.4) is 0 Å². The Bertz CT molecular complexity index is 533. The fourth-order valence-electron chi connectivity index (χ4n) is 2.42. The summed E-state index contributed by atoms with van der Waals surface area (Å²) in [4.78, 5) is 20.5. The SMILES string of the molecule is CCOC(=O)c1cccnc1N1CCN(C(C)C#N)CC1. The molecule has 0 bridgehead atoms. The summed E-state index contributed by atoms with van der Waals surface area (Å²) in [6, 6.07) is 5.65. The van der Waals surface area contributed by atoms with Gasteiger partial charge in [0, 0.05) is 32.4 Å². The van der Waals surface area contributed by atoms with Crippen molar-refractivity contribution in [3.05, 3.63) is 23.9 Å². The van der Waals surface area contributed by atoms with E-state index in [-0.39, 0.29) is 12.0 Å². The quantitative estimate of drug-likeness (QED) is 0.778. The molecule has 0 aromatic carbocycles. The highest BCUT2D eigenvalue weighted by atomic mass is 16.5. The Kier molecular flexibility index (Phi) is 5.12. The fourth-order valence-corrected chi connectivity index (χ4v) is 2.42. The van der Waals surface area contributed by atoms with Gasteiger partial charge in [0.2, 0.25) is 0 Å². The topological polar surface area (TPSA) is 69.5 Å². The third-order valence-corrected chi connectivity index (χ3v) is 3.63. The number of carbonyl (C=O) groups is 1. The van der Waals surface area contributed by atoms with Crippen LogP contribution in [0.25, 0.3) is 0 Å². The van der Waals surface area contributed by atoms with E-state index in [4.69, 9.17) is 10.00 Å². The number of aromatic nitrogens is 1. The summed E-state index contributed by atoms with van der Waals surface area (Å²) in [5.41, 5.74) is 0.501. The number of anilines is 1. The minimum Gasteiger partial charge on any atom is -0.462 e. The minimum atomic E-state index is -0.339. The maximum absolute atomic E-state index is 12.0. The molecule has 1 fully saturated rings. The first-order chi connectivity index (χ1) is 10.2. The smallest absolute Gasteiger partial charge is 0.341 e. The molecule has 1 aromatic heterocycles. The molecular weight excluding hydrogens is 268 g/mol. The van der Waals surface area contributed by atoms with Crippen molar-refractivity contribution in [3.8, 4) is 6.07 Å². The van der Waals surface area contributed by atoms with Crippen molar-refractivity contribution in [2.75, 3.05) is 37.7 Å². The maximum atomic E-state index is 12.0. The molecule has 0 aliphatic carbocycles. The van der Waals surface area contributed by atoms with Crippen LogP contribution >= 0.6 is 0 Å². The number of nitriles is 1. The van der Waals surface area contributed by atoms with Crippen LogP contribution in [0.15, 0.2) is 18.3 Å². The standard InChI is InChI=1S/C15H20N4O2/c1-3-21-15(20)13-5-4-6-17-14(13)19-9-7-18(8-10-19)12(2)11-16/h4-6,12H,3,7-10H2,1-2H3. The molecule has 2 rings (SSSR count). The normalized spacial score (nSPS) is 17.1. The Morgan fingerprint density at radius 2 is 2.19 bits per heavy atom. The molecule has 21 heavy (non-hydrogen) atoms. The minimum absolute atomic E-state index is 0.0830. The molecule has 0 amide bonds. The molecule has 2 heterocycles. The monoisotopic (exact) mass is 288 g/mol. The molecule has 0 radical (unpaired) electrons. The Hall–Kier alpha value is -2.13. The largest absolute Gasteiger partial charge is 0.462 e. The van der Waals surface area contributed by atoms with Crippen LogP contribution in [-0.2, 0) is 4.74 Å². The lowest BCUT2D eigenvalue weighted by atomic mass is 10.2. The second-order valence-corrected chi connectivity index (χ2v) is 4.92. The van der Waals surface area contributed by atoms with Crippen LogP contribution in [0.5, 0.6) is 0 Å². The maximum Gasteiger partial charge on any atom is 0.341 e. The van der Waals surface area contributed by atoms with Gasteiger partial charge < -0.3 is 9.64 Å². The zero-order valence-corrected chi connectivity index (χ0v) is 12.5. The Morgan fingerprint density at radius 1 is 1.48 bits per heavy atom. The average molecular weight is 288 g/mol. The number of hydrogen-bond donors (Lipinski definition) is 0. The molecule has 6 heteroatoms. The number of carbonyl (C=O) groups excluding carboxylic acids is 1. The predicted molar refractivity (Wildman–Crippen MR) is 79.1 cm³/mol. The first kappa shape index (κ1) is 15.3. The molecule has 1 saturated heterocycles. The zero-order chi connectivity index (χ0) is 15.2. The molecule has 6 nitrogen and oxygen atoms in total. The van der Waals surface area contributed by atoms with E-state index in [1.54, 1.807) is 25.3 Å². The summed E-state index contributed by atoms with van der Waals surface area (Å²) in [6.45, 7) is 7.10. The van der Waals surface area contributed by atoms with E-state index in [1.165, 1.54) is 0 Å². The van der Waals surface area contributed by atoms with Gasteiger partial charge in [0.25, 0.3) is 0 Å². The van der Waals surface area contributed by atoms with Crippen LogP contribution in [0.1, 0.15) is 24.2 Å². The van der Waals surface area contributed by atoms with Crippen molar-refractivity contribution in [2.24, 2.45) is 0 Å². The Labute approximate surface area is 124 Å². The summed E-state index contributed by atoms with van der Waals surface area (Å²) < 4.78 is 5.08. The molecule has 1 aliphatic heterocycles. The number of hydrogen-bond acceptors (Lipinski definition) is 6. The van der Waals surface area contributed by atoms with Gasteiger partial charge in [-0.15, -0.1) is 0 Å². The highest BCUT2D eigenvalue weighted by Gasteiger charge is 2.24. The average Bonchev–Trinajstić information content (AvgIpc) is 2.54. The van der Waals surface area contributed by atoms with Gasteiger partial charge in [0.1, 0.15) is 11.4 Å². The van der Waals surface area contributed by atoms with E-state index in [0.29, 0.717) is 18.0 Å². The van der Waals surface area contributed by atoms with Gasteiger partial charge in [0.05, 0.1) is 18.7 Å². The zero-order valence-electron chi connectivity index (χ0n) is 12.5. The summed E-state index contributed by atoms with van der Waals surface area (Å²) in [5.74, 6) is 0.327. The highest BCUT2D eigenvalue weighted by Crippen LogP contribution is 2.20. The summed E-state index contributed by atoms with van der Waals surface area (Å²) in [6.07, 6.45) is 1.68. The Balaban J connectivity index is 2.10. The molecular formula is C15H20N4O2. The van der Waals surface area contributed by atoms with Gasteiger partial charge in [-0.1, -0.05) is 0 Å². The van der Waals surface area contributed by atoms with Gasteiger partial charge in [-0.25, -0.2) is 9.78 Å². The van der Waals surface area contributed by atoms with E-state index >= 15 is 0 Å². The number of esters is 1. The molecule has 112 valence electrons. The van der Waals surface area contributed by atoms with Crippen molar-refractivity contribution >= 4 is 11.8 Å². The number of rotatable bonds is 4. The van der Waals surface area contributed by atoms with E-state index in [1.807, 2.05) is 6.92 Å². The van der Waals surface area contributed by atoms with Crippen molar-refractivity contribution < 1.29 is 9.53 Å². The van der Waals surface area contributed by atoms with Gasteiger partial charge in [-0.3, -0.25) is 4.90 Å². The van der Waals surface area contributed by atoms with Gasteiger partial charge in [-0.2, -0.15) is 5.26 Å². The van der Waals surface area contributed by atoms with Crippen LogP contribution in [0.4, 0.5) is 5.82 Å². The second-order valence-electron chi connectivity index (χ2n) is 4.92. The first-order valence-corrected chi connectivity index (χ1v) is 7.18. The number of piperazine rings is 1. The van der Waals surface area contributed by atoms with Gasteiger partial charge >= 0.3 is 5.97 Å². The van der Waals surface area contributed by atoms with Crippen LogP contribution < -0.4 is 4.90 Å². The Morgan fingerprint density at radius 3 is 2.81 bits per heavy atom. The second kappa shape index (κ2) is 7.04. The molecule has 0 N–H and O–H groups in total. The van der Waals surface area contributed by atoms with Crippen molar-refractivity contribution in [1.29, 1.82) is 5.26 Å². The van der Waals surface area contributed by atoms with E-state index in [0.717, 1.165) is 26.2 Å². The molecule has 1 atom stereocenters. The third kappa shape index (κ3) is 3.50. The number of pyridine rings is 1. The fraction of sp³-hybridized carbons (Fsp3) is 0.533. The molecule has 1 aromatic rings. The lowest BCUT2D eigenvalue weighted by Crippen LogP contribution is -2.49. The molecule has 0 saturated carbocycles. The van der Waals surface area contributed by atoms with Crippen molar-refractivity contribution in [1.82, 2.24) is 9.88 Å². The van der Waals surface area contributed by atoms with E-state index in [9.17, 15) is 4.79 Å². The van der Waals surface area contributed by atoms with E-state index < -0.39 is 0 Å². The third-order valence-electron chi connectivity index (χ3n) is 3.63. The van der Waals surface area contributed by atoms with Crippen molar-refractivity contribution in [3.63, 3.8) is 0 Å². The number of ether oxygens (including phenoxy) is 1. The lowest BCUT2D eigenvalue weighted by molar-refractivity contribution is 0.0526. The lowest BCUT2D eigenvalue weighted by Gasteiger charge is -2.36. The summed E-state index contributed by atoms with van der Waals surface area (Å²) >= 11 is 0. The first-order valence-electron chi connectivity index (χ1n) is 7.18. The van der Waals surface area contributed by atoms with Gasteiger partial charge in [0.15, 0.2) is 0 Å². The molecule has 1 unspecified atom stereocenters. The molecule has 0 spiro atoms. The molecule has 1 aliphatic rings. The van der Waals surface area contributed by atoms with E-state index in [2.05, 4.69) is 20.9 Å². The predicted octanol–water partition coefficient (Wildman–Crippen LogP) is 1.29. The highest BCUT2D eigenvalue weighted by molar-refractivity contribution is 5.94. The van der Waals surface area contributed by atoms with Crippen LogP contribution in [0, 0.1) is 11.3 Å². The van der Waals surface area contributed by atoms with Crippen LogP contribution in [-0.4, -0.2) is 54.7 Å².